The third kappa shape index (κ3) is 5.60. The smallest absolute Gasteiger partial charge is 0.328 e. The van der Waals surface area contributed by atoms with E-state index in [1.165, 1.54) is 11.9 Å². The summed E-state index contributed by atoms with van der Waals surface area (Å²) in [6.45, 7) is 9.83. The standard InChI is InChI=1S/C19H25N7O4.C2H6/c1-23-15(17(28)22-19(23)29)12-14-2-3-20-18(21-14)26-6-4-24(5-7-26)13-16(27)25-8-10-30-11-9-25;1-2/h2-3,12H,4-11,13H2,1H3,(H,22,28,29);1-2H3/b15-12-;. The third-order valence-corrected chi connectivity index (χ3v) is 5.45. The van der Waals surface area contributed by atoms with Gasteiger partial charge >= 0.3 is 6.03 Å². The Hall–Kier alpha value is -3.05. The van der Waals surface area contributed by atoms with Gasteiger partial charge in [-0.15, -0.1) is 0 Å². The molecule has 0 aromatic carbocycles. The number of aromatic nitrogens is 2. The molecule has 4 heterocycles. The minimum absolute atomic E-state index is 0.144. The van der Waals surface area contributed by atoms with Crippen molar-refractivity contribution in [3.05, 3.63) is 23.7 Å². The summed E-state index contributed by atoms with van der Waals surface area (Å²) in [6, 6.07) is 1.24. The number of urea groups is 1. The fourth-order valence-corrected chi connectivity index (χ4v) is 3.61. The summed E-state index contributed by atoms with van der Waals surface area (Å²) in [6.07, 6.45) is 3.21. The first-order valence-corrected chi connectivity index (χ1v) is 11.0. The van der Waals surface area contributed by atoms with Crippen molar-refractivity contribution in [1.29, 1.82) is 0 Å². The molecular formula is C21H31N7O4. The van der Waals surface area contributed by atoms with Crippen LogP contribution in [0.5, 0.6) is 0 Å². The van der Waals surface area contributed by atoms with E-state index in [9.17, 15) is 14.4 Å². The molecule has 3 fully saturated rings. The second kappa shape index (κ2) is 11.0. The summed E-state index contributed by atoms with van der Waals surface area (Å²) >= 11 is 0. The van der Waals surface area contributed by atoms with Crippen molar-refractivity contribution in [3.63, 3.8) is 0 Å². The molecule has 1 aromatic rings. The van der Waals surface area contributed by atoms with Crippen LogP contribution < -0.4 is 10.2 Å². The number of hydrogen-bond acceptors (Lipinski definition) is 8. The number of carbonyl (C=O) groups is 3. The summed E-state index contributed by atoms with van der Waals surface area (Å²) in [5.41, 5.74) is 0.799. The van der Waals surface area contributed by atoms with Gasteiger partial charge in [0.1, 0.15) is 5.70 Å². The normalized spacial score (nSPS) is 20.8. The molecule has 4 rings (SSSR count). The summed E-state index contributed by atoms with van der Waals surface area (Å²) in [5.74, 6) is 0.266. The second-order valence-corrected chi connectivity index (χ2v) is 7.39. The first-order chi connectivity index (χ1) is 15.5. The van der Waals surface area contributed by atoms with Crippen LogP contribution in [0.15, 0.2) is 18.0 Å². The van der Waals surface area contributed by atoms with Crippen molar-refractivity contribution in [2.24, 2.45) is 0 Å². The maximum absolute atomic E-state index is 12.4. The summed E-state index contributed by atoms with van der Waals surface area (Å²) in [5, 5.41) is 2.24. The van der Waals surface area contributed by atoms with Gasteiger partial charge in [0.15, 0.2) is 0 Å². The van der Waals surface area contributed by atoms with Crippen molar-refractivity contribution in [2.75, 3.05) is 71.0 Å². The van der Waals surface area contributed by atoms with Gasteiger partial charge in [-0.3, -0.25) is 24.7 Å². The number of nitrogens with zero attached hydrogens (tertiary/aromatic N) is 6. The number of carbonyl (C=O) groups excluding carboxylic acids is 3. The Balaban J connectivity index is 0.00000141. The van der Waals surface area contributed by atoms with E-state index < -0.39 is 11.9 Å². The Bertz CT molecular complexity index is 861. The zero-order valence-corrected chi connectivity index (χ0v) is 18.9. The van der Waals surface area contributed by atoms with Crippen LogP contribution in [0.3, 0.4) is 0 Å². The number of nitrogens with one attached hydrogen (secondary N) is 1. The van der Waals surface area contributed by atoms with Crippen LogP contribution >= 0.6 is 0 Å². The predicted molar refractivity (Wildman–Crippen MR) is 119 cm³/mol. The first kappa shape index (κ1) is 23.6. The van der Waals surface area contributed by atoms with Crippen molar-refractivity contribution in [2.45, 2.75) is 13.8 Å². The molecule has 3 saturated heterocycles. The number of anilines is 1. The number of likely N-dealkylation sites (N-methyl/N-ethyl adjacent to an activating group) is 1. The van der Waals surface area contributed by atoms with Crippen molar-refractivity contribution in [1.82, 2.24) is 30.0 Å². The van der Waals surface area contributed by atoms with Crippen LogP contribution in [-0.2, 0) is 14.3 Å². The zero-order chi connectivity index (χ0) is 23.1. The molecule has 1 aromatic heterocycles. The largest absolute Gasteiger partial charge is 0.378 e. The summed E-state index contributed by atoms with van der Waals surface area (Å²) in [4.78, 5) is 52.1. The molecule has 0 bridgehead atoms. The van der Waals surface area contributed by atoms with Gasteiger partial charge in [0.2, 0.25) is 11.9 Å². The van der Waals surface area contributed by atoms with Crippen LogP contribution in [0, 0.1) is 0 Å². The molecule has 1 N–H and O–H groups in total. The Labute approximate surface area is 188 Å². The molecule has 4 amide bonds. The van der Waals surface area contributed by atoms with Gasteiger partial charge in [0, 0.05) is 52.5 Å². The molecule has 3 aliphatic heterocycles. The molecule has 11 heteroatoms. The zero-order valence-electron chi connectivity index (χ0n) is 18.9. The maximum Gasteiger partial charge on any atom is 0.328 e. The van der Waals surface area contributed by atoms with Gasteiger partial charge < -0.3 is 14.5 Å². The van der Waals surface area contributed by atoms with Crippen LogP contribution in [-0.4, -0.2) is 109 Å². The number of piperazine rings is 1. The van der Waals surface area contributed by atoms with Crippen LogP contribution in [0.25, 0.3) is 6.08 Å². The lowest BCUT2D eigenvalue weighted by molar-refractivity contribution is -0.136. The van der Waals surface area contributed by atoms with E-state index in [0.717, 1.165) is 13.1 Å². The number of amides is 4. The van der Waals surface area contributed by atoms with Crippen molar-refractivity contribution < 1.29 is 19.1 Å². The average molecular weight is 446 g/mol. The highest BCUT2D eigenvalue weighted by molar-refractivity contribution is 6.13. The molecular weight excluding hydrogens is 414 g/mol. The van der Waals surface area contributed by atoms with Crippen LogP contribution in [0.4, 0.5) is 10.7 Å². The van der Waals surface area contributed by atoms with Gasteiger partial charge in [-0.25, -0.2) is 14.8 Å². The average Bonchev–Trinajstić information content (AvgIpc) is 3.07. The number of rotatable bonds is 4. The minimum Gasteiger partial charge on any atom is -0.378 e. The van der Waals surface area contributed by atoms with Crippen molar-refractivity contribution in [3.8, 4) is 0 Å². The van der Waals surface area contributed by atoms with Gasteiger partial charge in [-0.1, -0.05) is 13.8 Å². The first-order valence-electron chi connectivity index (χ1n) is 11.0. The van der Waals surface area contributed by atoms with Gasteiger partial charge in [0.25, 0.3) is 5.91 Å². The summed E-state index contributed by atoms with van der Waals surface area (Å²) in [7, 11) is 1.53. The lowest BCUT2D eigenvalue weighted by Gasteiger charge is -2.36. The van der Waals surface area contributed by atoms with Gasteiger partial charge in [-0.2, -0.15) is 0 Å². The number of imide groups is 1. The molecule has 11 nitrogen and oxygen atoms in total. The highest BCUT2D eigenvalue weighted by Crippen LogP contribution is 2.16. The monoisotopic (exact) mass is 445 g/mol. The van der Waals surface area contributed by atoms with E-state index in [2.05, 4.69) is 25.1 Å². The second-order valence-electron chi connectivity index (χ2n) is 7.39. The lowest BCUT2D eigenvalue weighted by atomic mass is 10.3. The molecule has 0 atom stereocenters. The molecule has 174 valence electrons. The van der Waals surface area contributed by atoms with Crippen LogP contribution in [0.1, 0.15) is 19.5 Å². The fourth-order valence-electron chi connectivity index (χ4n) is 3.61. The highest BCUT2D eigenvalue weighted by Gasteiger charge is 2.30. The predicted octanol–water partition coefficient (Wildman–Crippen LogP) is 0.00610. The molecule has 32 heavy (non-hydrogen) atoms. The molecule has 0 unspecified atom stereocenters. The van der Waals surface area contributed by atoms with Crippen LogP contribution in [0.2, 0.25) is 0 Å². The topological polar surface area (TPSA) is 111 Å². The van der Waals surface area contributed by atoms with E-state index in [1.807, 2.05) is 18.7 Å². The number of hydrogen-bond donors (Lipinski definition) is 1. The minimum atomic E-state index is -0.455. The Morgan fingerprint density at radius 1 is 1.12 bits per heavy atom. The quantitative estimate of drug-likeness (QED) is 0.510. The molecule has 0 spiro atoms. The molecule has 0 saturated carbocycles. The lowest BCUT2D eigenvalue weighted by Crippen LogP contribution is -2.51. The van der Waals surface area contributed by atoms with E-state index in [4.69, 9.17) is 4.74 Å². The number of morpholine rings is 1. The van der Waals surface area contributed by atoms with Crippen molar-refractivity contribution >= 4 is 29.9 Å². The van der Waals surface area contributed by atoms with E-state index in [0.29, 0.717) is 57.6 Å². The maximum atomic E-state index is 12.4. The SMILES string of the molecule is CC.CN1C(=O)NC(=O)/C1=C/c1ccnc(N2CCN(CC(=O)N3CCOCC3)CC2)n1. The molecule has 3 aliphatic rings. The fraction of sp³-hybridized carbons (Fsp3) is 0.571. The van der Waals surface area contributed by atoms with E-state index in [-0.39, 0.29) is 11.6 Å². The molecule has 0 radical (unpaired) electrons. The Morgan fingerprint density at radius 3 is 2.44 bits per heavy atom. The van der Waals surface area contributed by atoms with Gasteiger partial charge in [0.05, 0.1) is 25.5 Å². The van der Waals surface area contributed by atoms with E-state index >= 15 is 0 Å². The van der Waals surface area contributed by atoms with E-state index in [1.54, 1.807) is 18.3 Å². The Kier molecular flexibility index (Phi) is 8.12. The highest BCUT2D eigenvalue weighted by atomic mass is 16.5. The third-order valence-electron chi connectivity index (χ3n) is 5.45. The molecule has 0 aliphatic carbocycles. The Morgan fingerprint density at radius 2 is 1.81 bits per heavy atom. The summed E-state index contributed by atoms with van der Waals surface area (Å²) < 4.78 is 5.30. The number of ether oxygens (including phenoxy) is 1. The van der Waals surface area contributed by atoms with Gasteiger partial charge in [-0.05, 0) is 12.1 Å².